The standard InChI is InChI=1S/C18H26ClNO2/c1-21-16-12-13(19)11-15(18(20)9-5-2-6-10-18)17(16)22-14-7-3-4-8-14/h11-12,14H,2-10,20H2,1H3. The summed E-state index contributed by atoms with van der Waals surface area (Å²) in [5.74, 6) is 1.54. The normalized spacial score (nSPS) is 21.8. The van der Waals surface area contributed by atoms with Crippen LogP contribution in [0, 0.1) is 0 Å². The van der Waals surface area contributed by atoms with E-state index in [4.69, 9.17) is 26.8 Å². The van der Waals surface area contributed by atoms with E-state index in [1.54, 1.807) is 7.11 Å². The van der Waals surface area contributed by atoms with Crippen LogP contribution in [0.4, 0.5) is 0 Å². The van der Waals surface area contributed by atoms with Gasteiger partial charge in [0.1, 0.15) is 0 Å². The third-order valence-electron chi connectivity index (χ3n) is 5.11. The topological polar surface area (TPSA) is 44.5 Å². The quantitative estimate of drug-likeness (QED) is 0.866. The van der Waals surface area contributed by atoms with Crippen molar-refractivity contribution in [2.24, 2.45) is 5.73 Å². The highest BCUT2D eigenvalue weighted by Crippen LogP contribution is 2.46. The van der Waals surface area contributed by atoms with Crippen molar-refractivity contribution in [3.8, 4) is 11.5 Å². The van der Waals surface area contributed by atoms with E-state index in [9.17, 15) is 0 Å². The van der Waals surface area contributed by atoms with Crippen molar-refractivity contribution in [2.45, 2.75) is 69.4 Å². The predicted octanol–water partition coefficient (Wildman–Crippen LogP) is 4.79. The first-order valence-electron chi connectivity index (χ1n) is 8.46. The van der Waals surface area contributed by atoms with Crippen LogP contribution in [0.2, 0.25) is 5.02 Å². The van der Waals surface area contributed by atoms with E-state index in [0.29, 0.717) is 10.8 Å². The molecule has 0 bridgehead atoms. The van der Waals surface area contributed by atoms with Crippen molar-refractivity contribution in [1.82, 2.24) is 0 Å². The molecule has 2 aliphatic rings. The highest BCUT2D eigenvalue weighted by atomic mass is 35.5. The predicted molar refractivity (Wildman–Crippen MR) is 89.8 cm³/mol. The smallest absolute Gasteiger partial charge is 0.166 e. The van der Waals surface area contributed by atoms with Crippen molar-refractivity contribution in [1.29, 1.82) is 0 Å². The Morgan fingerprint density at radius 1 is 1.09 bits per heavy atom. The van der Waals surface area contributed by atoms with Crippen LogP contribution in [-0.4, -0.2) is 13.2 Å². The molecule has 0 atom stereocenters. The molecule has 2 aliphatic carbocycles. The molecule has 0 saturated heterocycles. The van der Waals surface area contributed by atoms with E-state index < -0.39 is 0 Å². The SMILES string of the molecule is COc1cc(Cl)cc(C2(N)CCCCC2)c1OC1CCCC1. The number of benzene rings is 1. The first-order valence-corrected chi connectivity index (χ1v) is 8.84. The summed E-state index contributed by atoms with van der Waals surface area (Å²) in [5, 5.41) is 0.668. The van der Waals surface area contributed by atoms with Crippen LogP contribution in [0.15, 0.2) is 12.1 Å². The number of hydrogen-bond donors (Lipinski definition) is 1. The summed E-state index contributed by atoms with van der Waals surface area (Å²) in [6.45, 7) is 0. The Bertz CT molecular complexity index is 520. The monoisotopic (exact) mass is 323 g/mol. The molecule has 122 valence electrons. The second kappa shape index (κ2) is 6.67. The van der Waals surface area contributed by atoms with Crippen molar-refractivity contribution in [2.75, 3.05) is 7.11 Å². The van der Waals surface area contributed by atoms with E-state index in [1.807, 2.05) is 12.1 Å². The zero-order valence-corrected chi connectivity index (χ0v) is 14.1. The van der Waals surface area contributed by atoms with E-state index >= 15 is 0 Å². The molecule has 1 aromatic carbocycles. The molecule has 0 radical (unpaired) electrons. The van der Waals surface area contributed by atoms with E-state index in [-0.39, 0.29) is 11.6 Å². The molecule has 2 fully saturated rings. The molecule has 22 heavy (non-hydrogen) atoms. The lowest BCUT2D eigenvalue weighted by Crippen LogP contribution is -2.39. The van der Waals surface area contributed by atoms with Crippen LogP contribution in [0.5, 0.6) is 11.5 Å². The number of ether oxygens (including phenoxy) is 2. The van der Waals surface area contributed by atoms with Gasteiger partial charge in [-0.25, -0.2) is 0 Å². The molecule has 1 aromatic rings. The lowest BCUT2D eigenvalue weighted by molar-refractivity contribution is 0.189. The van der Waals surface area contributed by atoms with Gasteiger partial charge >= 0.3 is 0 Å². The van der Waals surface area contributed by atoms with Gasteiger partial charge in [0.25, 0.3) is 0 Å². The minimum Gasteiger partial charge on any atom is -0.493 e. The molecule has 0 unspecified atom stereocenters. The number of nitrogens with two attached hydrogens (primary N) is 1. The number of halogens is 1. The van der Waals surface area contributed by atoms with E-state index in [1.165, 1.54) is 19.3 Å². The van der Waals surface area contributed by atoms with Gasteiger partial charge < -0.3 is 15.2 Å². The van der Waals surface area contributed by atoms with Crippen LogP contribution in [-0.2, 0) is 5.54 Å². The molecular weight excluding hydrogens is 298 g/mol. The summed E-state index contributed by atoms with van der Waals surface area (Å²) >= 11 is 6.31. The molecule has 2 N–H and O–H groups in total. The fourth-order valence-electron chi connectivity index (χ4n) is 3.84. The fourth-order valence-corrected chi connectivity index (χ4v) is 4.04. The third-order valence-corrected chi connectivity index (χ3v) is 5.33. The minimum absolute atomic E-state index is 0.279. The first-order chi connectivity index (χ1) is 10.6. The lowest BCUT2D eigenvalue weighted by Gasteiger charge is -2.36. The maximum Gasteiger partial charge on any atom is 0.166 e. The molecule has 0 spiro atoms. The van der Waals surface area contributed by atoms with Crippen LogP contribution in [0.3, 0.4) is 0 Å². The summed E-state index contributed by atoms with van der Waals surface area (Å²) in [6, 6.07) is 3.82. The zero-order chi connectivity index (χ0) is 15.6. The van der Waals surface area contributed by atoms with Gasteiger partial charge in [0.15, 0.2) is 11.5 Å². The second-order valence-electron chi connectivity index (χ2n) is 6.73. The van der Waals surface area contributed by atoms with Crippen LogP contribution in [0.1, 0.15) is 63.4 Å². The molecular formula is C18H26ClNO2. The van der Waals surface area contributed by atoms with Crippen molar-refractivity contribution < 1.29 is 9.47 Å². The number of methoxy groups -OCH3 is 1. The van der Waals surface area contributed by atoms with Gasteiger partial charge in [0.2, 0.25) is 0 Å². The third kappa shape index (κ3) is 3.21. The summed E-state index contributed by atoms with van der Waals surface area (Å²) in [6.07, 6.45) is 10.5. The Balaban J connectivity index is 2.00. The molecule has 2 saturated carbocycles. The van der Waals surface area contributed by atoms with Gasteiger partial charge in [-0.15, -0.1) is 0 Å². The van der Waals surface area contributed by atoms with Crippen LogP contribution in [0.25, 0.3) is 0 Å². The summed E-state index contributed by atoms with van der Waals surface area (Å²) in [7, 11) is 1.67. The average Bonchev–Trinajstić information content (AvgIpc) is 3.02. The Morgan fingerprint density at radius 2 is 1.77 bits per heavy atom. The Hall–Kier alpha value is -0.930. The van der Waals surface area contributed by atoms with Gasteiger partial charge in [-0.2, -0.15) is 0 Å². The fraction of sp³-hybridized carbons (Fsp3) is 0.667. The highest BCUT2D eigenvalue weighted by molar-refractivity contribution is 6.30. The van der Waals surface area contributed by atoms with Gasteiger partial charge in [0, 0.05) is 22.2 Å². The van der Waals surface area contributed by atoms with Crippen LogP contribution >= 0.6 is 11.6 Å². The molecule has 0 amide bonds. The van der Waals surface area contributed by atoms with Crippen molar-refractivity contribution in [3.63, 3.8) is 0 Å². The van der Waals surface area contributed by atoms with Crippen molar-refractivity contribution >= 4 is 11.6 Å². The largest absolute Gasteiger partial charge is 0.493 e. The van der Waals surface area contributed by atoms with Crippen molar-refractivity contribution in [3.05, 3.63) is 22.7 Å². The highest BCUT2D eigenvalue weighted by Gasteiger charge is 2.35. The average molecular weight is 324 g/mol. The summed E-state index contributed by atoms with van der Waals surface area (Å²) in [5.41, 5.74) is 7.44. The second-order valence-corrected chi connectivity index (χ2v) is 7.16. The minimum atomic E-state index is -0.343. The zero-order valence-electron chi connectivity index (χ0n) is 13.4. The Kier molecular flexibility index (Phi) is 4.84. The number of hydrogen-bond acceptors (Lipinski definition) is 3. The van der Waals surface area contributed by atoms with E-state index in [2.05, 4.69) is 0 Å². The molecule has 4 heteroatoms. The maximum absolute atomic E-state index is 6.75. The van der Waals surface area contributed by atoms with E-state index in [0.717, 1.165) is 49.8 Å². The molecule has 3 rings (SSSR count). The van der Waals surface area contributed by atoms with Gasteiger partial charge in [-0.05, 0) is 44.6 Å². The summed E-state index contributed by atoms with van der Waals surface area (Å²) < 4.78 is 11.9. The van der Waals surface area contributed by atoms with Gasteiger partial charge in [-0.1, -0.05) is 30.9 Å². The van der Waals surface area contributed by atoms with Crippen LogP contribution < -0.4 is 15.2 Å². The Labute approximate surface area is 138 Å². The van der Waals surface area contributed by atoms with Gasteiger partial charge in [-0.3, -0.25) is 0 Å². The van der Waals surface area contributed by atoms with Gasteiger partial charge in [0.05, 0.1) is 13.2 Å². The maximum atomic E-state index is 6.75. The molecule has 0 aromatic heterocycles. The molecule has 0 heterocycles. The summed E-state index contributed by atoms with van der Waals surface area (Å²) in [4.78, 5) is 0. The molecule has 3 nitrogen and oxygen atoms in total. The number of rotatable bonds is 4. The lowest BCUT2D eigenvalue weighted by atomic mass is 9.77. The Morgan fingerprint density at radius 3 is 2.41 bits per heavy atom. The first kappa shape index (κ1) is 15.9. The molecule has 0 aliphatic heterocycles.